The van der Waals surface area contributed by atoms with Crippen LogP contribution in [-0.2, 0) is 6.42 Å². The van der Waals surface area contributed by atoms with Crippen molar-refractivity contribution in [3.63, 3.8) is 0 Å². The van der Waals surface area contributed by atoms with E-state index in [4.69, 9.17) is 0 Å². The van der Waals surface area contributed by atoms with E-state index in [0.717, 1.165) is 30.9 Å². The lowest BCUT2D eigenvalue weighted by Gasteiger charge is -2.27. The number of rotatable bonds is 3. The first-order valence-electron chi connectivity index (χ1n) is 8.29. The molecule has 114 valence electrons. The van der Waals surface area contributed by atoms with Crippen molar-refractivity contribution in [2.45, 2.75) is 45.1 Å². The molecular weight excluding hydrogens is 260 g/mol. The van der Waals surface area contributed by atoms with Crippen LogP contribution in [0.25, 0.3) is 0 Å². The molecule has 3 nitrogen and oxygen atoms in total. The van der Waals surface area contributed by atoms with Crippen molar-refractivity contribution in [2.24, 2.45) is 11.8 Å². The Labute approximate surface area is 127 Å². The van der Waals surface area contributed by atoms with E-state index >= 15 is 0 Å². The van der Waals surface area contributed by atoms with E-state index in [1.807, 2.05) is 7.05 Å². The van der Waals surface area contributed by atoms with Crippen LogP contribution in [0.4, 0.5) is 0 Å². The van der Waals surface area contributed by atoms with Crippen LogP contribution in [0.1, 0.15) is 60.1 Å². The molecule has 3 unspecified atom stereocenters. The van der Waals surface area contributed by atoms with Gasteiger partial charge in [0.05, 0.1) is 0 Å². The van der Waals surface area contributed by atoms with Gasteiger partial charge >= 0.3 is 0 Å². The molecule has 1 heterocycles. The lowest BCUT2D eigenvalue weighted by Crippen LogP contribution is -2.28. The summed E-state index contributed by atoms with van der Waals surface area (Å²) in [4.78, 5) is 12.2. The number of hydrogen-bond donors (Lipinski definition) is 2. The highest BCUT2D eigenvalue weighted by atomic mass is 16.1. The Morgan fingerprint density at radius 3 is 2.86 bits per heavy atom. The van der Waals surface area contributed by atoms with E-state index < -0.39 is 0 Å². The van der Waals surface area contributed by atoms with E-state index in [1.54, 1.807) is 0 Å². The van der Waals surface area contributed by atoms with Crippen LogP contribution in [0.3, 0.4) is 0 Å². The summed E-state index contributed by atoms with van der Waals surface area (Å²) in [5.41, 5.74) is 3.35. The monoisotopic (exact) mass is 286 g/mol. The molecule has 3 heteroatoms. The van der Waals surface area contributed by atoms with Gasteiger partial charge in [-0.1, -0.05) is 31.9 Å². The average Bonchev–Trinajstić information content (AvgIpc) is 2.82. The standard InChI is InChI=1S/C18H26N2O/c1-12-5-3-7-15(12)17(19-2)14-9-8-13-6-4-10-20-18(21)16(13)11-14/h8-9,11-12,15,17,19H,3-7,10H2,1-2H3,(H,20,21). The van der Waals surface area contributed by atoms with Gasteiger partial charge in [0.25, 0.3) is 5.91 Å². The second kappa shape index (κ2) is 6.18. The van der Waals surface area contributed by atoms with Crippen molar-refractivity contribution in [2.75, 3.05) is 13.6 Å². The highest BCUT2D eigenvalue weighted by Gasteiger charge is 2.31. The van der Waals surface area contributed by atoms with Crippen LogP contribution in [0.15, 0.2) is 18.2 Å². The predicted molar refractivity (Wildman–Crippen MR) is 85.4 cm³/mol. The summed E-state index contributed by atoms with van der Waals surface area (Å²) in [6, 6.07) is 6.88. The minimum Gasteiger partial charge on any atom is -0.352 e. The number of aryl methyl sites for hydroxylation is 1. The van der Waals surface area contributed by atoms with Crippen molar-refractivity contribution in [3.05, 3.63) is 34.9 Å². The smallest absolute Gasteiger partial charge is 0.251 e. The van der Waals surface area contributed by atoms with Gasteiger partial charge in [-0.2, -0.15) is 0 Å². The van der Waals surface area contributed by atoms with Gasteiger partial charge < -0.3 is 10.6 Å². The molecule has 0 aromatic heterocycles. The first-order chi connectivity index (χ1) is 10.2. The fourth-order valence-electron chi connectivity index (χ4n) is 4.09. The summed E-state index contributed by atoms with van der Waals surface area (Å²) >= 11 is 0. The highest BCUT2D eigenvalue weighted by Crippen LogP contribution is 2.40. The lowest BCUT2D eigenvalue weighted by molar-refractivity contribution is 0.0956. The van der Waals surface area contributed by atoms with Gasteiger partial charge in [-0.15, -0.1) is 0 Å². The van der Waals surface area contributed by atoms with Crippen LogP contribution in [0.5, 0.6) is 0 Å². The number of amides is 1. The molecular formula is C18H26N2O. The molecule has 0 spiro atoms. The number of fused-ring (bicyclic) bond motifs is 1. The second-order valence-corrected chi connectivity index (χ2v) is 6.61. The van der Waals surface area contributed by atoms with Gasteiger partial charge in [-0.05, 0) is 55.3 Å². The van der Waals surface area contributed by atoms with Crippen LogP contribution < -0.4 is 10.6 Å². The Hall–Kier alpha value is -1.35. The van der Waals surface area contributed by atoms with Crippen molar-refractivity contribution >= 4 is 5.91 Å². The Balaban J connectivity index is 1.92. The van der Waals surface area contributed by atoms with E-state index in [0.29, 0.717) is 12.0 Å². The van der Waals surface area contributed by atoms with Gasteiger partial charge in [0, 0.05) is 18.2 Å². The quantitative estimate of drug-likeness (QED) is 0.896. The third-order valence-electron chi connectivity index (χ3n) is 5.31. The molecule has 1 aliphatic heterocycles. The van der Waals surface area contributed by atoms with Gasteiger partial charge in [0.1, 0.15) is 0 Å². The van der Waals surface area contributed by atoms with Crippen LogP contribution in [-0.4, -0.2) is 19.5 Å². The molecule has 21 heavy (non-hydrogen) atoms. The molecule has 1 amide bonds. The van der Waals surface area contributed by atoms with E-state index in [9.17, 15) is 4.79 Å². The summed E-state index contributed by atoms with van der Waals surface area (Å²) in [5, 5.41) is 6.50. The summed E-state index contributed by atoms with van der Waals surface area (Å²) in [5.74, 6) is 1.54. The molecule has 1 saturated carbocycles. The van der Waals surface area contributed by atoms with Crippen molar-refractivity contribution in [1.29, 1.82) is 0 Å². The number of carbonyl (C=O) groups excluding carboxylic acids is 1. The lowest BCUT2D eigenvalue weighted by atomic mass is 9.84. The van der Waals surface area contributed by atoms with Gasteiger partial charge in [-0.25, -0.2) is 0 Å². The summed E-state index contributed by atoms with van der Waals surface area (Å²) in [6.07, 6.45) is 5.98. The second-order valence-electron chi connectivity index (χ2n) is 6.61. The maximum Gasteiger partial charge on any atom is 0.251 e. The summed E-state index contributed by atoms with van der Waals surface area (Å²) in [7, 11) is 2.04. The zero-order chi connectivity index (χ0) is 14.8. The van der Waals surface area contributed by atoms with Gasteiger partial charge in [0.15, 0.2) is 0 Å². The third kappa shape index (κ3) is 2.84. The molecule has 2 aliphatic rings. The number of carbonyl (C=O) groups is 1. The molecule has 1 aromatic carbocycles. The van der Waals surface area contributed by atoms with Crippen LogP contribution >= 0.6 is 0 Å². The highest BCUT2D eigenvalue weighted by molar-refractivity contribution is 5.96. The molecule has 3 rings (SSSR count). The largest absolute Gasteiger partial charge is 0.352 e. The fraction of sp³-hybridized carbons (Fsp3) is 0.611. The number of benzene rings is 1. The van der Waals surface area contributed by atoms with Crippen molar-refractivity contribution in [3.8, 4) is 0 Å². The molecule has 3 atom stereocenters. The third-order valence-corrected chi connectivity index (χ3v) is 5.31. The first-order valence-corrected chi connectivity index (χ1v) is 8.29. The predicted octanol–water partition coefficient (Wildman–Crippen LogP) is 3.06. The minimum atomic E-state index is 0.0960. The normalized spacial score (nSPS) is 26.9. The zero-order valence-electron chi connectivity index (χ0n) is 13.1. The van der Waals surface area contributed by atoms with Crippen molar-refractivity contribution in [1.82, 2.24) is 10.6 Å². The molecule has 0 bridgehead atoms. The minimum absolute atomic E-state index is 0.0960. The van der Waals surface area contributed by atoms with E-state index in [2.05, 4.69) is 35.8 Å². The number of hydrogen-bond acceptors (Lipinski definition) is 2. The van der Waals surface area contributed by atoms with Crippen LogP contribution in [0.2, 0.25) is 0 Å². The van der Waals surface area contributed by atoms with E-state index in [-0.39, 0.29) is 5.91 Å². The molecule has 0 saturated heterocycles. The maximum atomic E-state index is 12.2. The Kier molecular flexibility index (Phi) is 4.29. The fourth-order valence-corrected chi connectivity index (χ4v) is 4.09. The average molecular weight is 286 g/mol. The van der Waals surface area contributed by atoms with Gasteiger partial charge in [0.2, 0.25) is 0 Å². The summed E-state index contributed by atoms with van der Waals surface area (Å²) < 4.78 is 0. The van der Waals surface area contributed by atoms with Gasteiger partial charge in [-0.3, -0.25) is 4.79 Å². The van der Waals surface area contributed by atoms with Crippen molar-refractivity contribution < 1.29 is 4.79 Å². The first kappa shape index (κ1) is 14.6. The molecule has 2 N–H and O–H groups in total. The molecule has 1 aliphatic carbocycles. The summed E-state index contributed by atoms with van der Waals surface area (Å²) in [6.45, 7) is 3.15. The Morgan fingerprint density at radius 2 is 2.14 bits per heavy atom. The molecule has 1 fully saturated rings. The number of nitrogens with one attached hydrogen (secondary N) is 2. The topological polar surface area (TPSA) is 41.1 Å². The Morgan fingerprint density at radius 1 is 1.29 bits per heavy atom. The molecule has 1 aromatic rings. The SMILES string of the molecule is CNC(c1ccc2c(c1)C(=O)NCCC2)C1CCCC1C. The molecule has 0 radical (unpaired) electrons. The van der Waals surface area contributed by atoms with E-state index in [1.165, 1.54) is 30.4 Å². The Bertz CT molecular complexity index is 526. The van der Waals surface area contributed by atoms with Crippen LogP contribution in [0, 0.1) is 11.8 Å². The maximum absolute atomic E-state index is 12.2. The zero-order valence-corrected chi connectivity index (χ0v) is 13.1.